The van der Waals surface area contributed by atoms with Crippen molar-refractivity contribution in [1.29, 1.82) is 0 Å². The highest BCUT2D eigenvalue weighted by atomic mass is 127. The maximum Gasteiger partial charge on any atom is 0.0317 e. The Balaban J connectivity index is 2.43. The second kappa shape index (κ2) is 3.48. The van der Waals surface area contributed by atoms with E-state index in [0.29, 0.717) is 0 Å². The minimum Gasteiger partial charge on any atom is -0.399 e. The molecule has 1 nitrogen and oxygen atoms in total. The predicted octanol–water partition coefficient (Wildman–Crippen LogP) is 4.18. The van der Waals surface area contributed by atoms with Crippen molar-refractivity contribution < 1.29 is 0 Å². The van der Waals surface area contributed by atoms with Gasteiger partial charge in [0.15, 0.2) is 0 Å². The number of rotatable bonds is 0. The van der Waals surface area contributed by atoms with E-state index in [-0.39, 0.29) is 5.41 Å². The topological polar surface area (TPSA) is 26.0 Å². The van der Waals surface area contributed by atoms with E-state index in [1.807, 2.05) is 6.07 Å². The standard InChI is InChI=1S/C15H14IN/c1-15(2)11-4-3-5-13(16)14(11)10-7-6-9(17)8-12(10)15/h3-8H,17H2,1-2H3. The summed E-state index contributed by atoms with van der Waals surface area (Å²) in [5.74, 6) is 0. The van der Waals surface area contributed by atoms with Crippen LogP contribution in [0.2, 0.25) is 0 Å². The molecule has 0 spiro atoms. The second-order valence-corrected chi connectivity index (χ2v) is 6.25. The number of nitrogen functional groups attached to an aromatic ring is 1. The van der Waals surface area contributed by atoms with E-state index in [0.717, 1.165) is 5.69 Å². The molecule has 0 aromatic heterocycles. The zero-order valence-corrected chi connectivity index (χ0v) is 12.1. The number of hydrogen-bond donors (Lipinski definition) is 1. The van der Waals surface area contributed by atoms with Gasteiger partial charge in [-0.2, -0.15) is 0 Å². The Morgan fingerprint density at radius 3 is 2.59 bits per heavy atom. The van der Waals surface area contributed by atoms with Gasteiger partial charge in [0.1, 0.15) is 0 Å². The van der Waals surface area contributed by atoms with Gasteiger partial charge in [0.05, 0.1) is 0 Å². The van der Waals surface area contributed by atoms with Crippen LogP contribution in [0.3, 0.4) is 0 Å². The summed E-state index contributed by atoms with van der Waals surface area (Å²) < 4.78 is 1.32. The lowest BCUT2D eigenvalue weighted by Gasteiger charge is -2.21. The summed E-state index contributed by atoms with van der Waals surface area (Å²) in [6, 6.07) is 12.8. The molecule has 2 aromatic carbocycles. The van der Waals surface area contributed by atoms with Crippen LogP contribution in [-0.2, 0) is 5.41 Å². The third kappa shape index (κ3) is 1.43. The van der Waals surface area contributed by atoms with Gasteiger partial charge in [-0.3, -0.25) is 0 Å². The average molecular weight is 335 g/mol. The lowest BCUT2D eigenvalue weighted by Crippen LogP contribution is -2.15. The second-order valence-electron chi connectivity index (χ2n) is 5.09. The fourth-order valence-corrected chi connectivity index (χ4v) is 3.55. The molecule has 0 aliphatic heterocycles. The number of fused-ring (bicyclic) bond motifs is 3. The Labute approximate surface area is 115 Å². The highest BCUT2D eigenvalue weighted by Crippen LogP contribution is 2.50. The predicted molar refractivity (Wildman–Crippen MR) is 81.1 cm³/mol. The summed E-state index contributed by atoms with van der Waals surface area (Å²) in [5, 5.41) is 0. The van der Waals surface area contributed by atoms with Gasteiger partial charge in [0.25, 0.3) is 0 Å². The van der Waals surface area contributed by atoms with Gasteiger partial charge in [-0.25, -0.2) is 0 Å². The van der Waals surface area contributed by atoms with Gasteiger partial charge in [-0.1, -0.05) is 32.0 Å². The molecule has 0 saturated carbocycles. The zero-order valence-electron chi connectivity index (χ0n) is 9.92. The van der Waals surface area contributed by atoms with Crippen LogP contribution in [0.15, 0.2) is 36.4 Å². The van der Waals surface area contributed by atoms with Crippen molar-refractivity contribution in [3.63, 3.8) is 0 Å². The zero-order chi connectivity index (χ0) is 12.2. The Morgan fingerprint density at radius 1 is 1.06 bits per heavy atom. The minimum absolute atomic E-state index is 0.0568. The van der Waals surface area contributed by atoms with E-state index < -0.39 is 0 Å². The van der Waals surface area contributed by atoms with E-state index in [4.69, 9.17) is 5.73 Å². The first-order valence-corrected chi connectivity index (χ1v) is 6.79. The summed E-state index contributed by atoms with van der Waals surface area (Å²) in [6.07, 6.45) is 0. The molecule has 2 aromatic rings. The van der Waals surface area contributed by atoms with Crippen molar-refractivity contribution in [3.8, 4) is 11.1 Å². The SMILES string of the molecule is CC1(C)c2cc(N)ccc2-c2c(I)cccc21. The number of anilines is 1. The van der Waals surface area contributed by atoms with E-state index in [1.165, 1.54) is 25.8 Å². The van der Waals surface area contributed by atoms with Crippen LogP contribution in [0, 0.1) is 3.57 Å². The smallest absolute Gasteiger partial charge is 0.0317 e. The third-order valence-corrected chi connectivity index (χ3v) is 4.57. The molecule has 86 valence electrons. The highest BCUT2D eigenvalue weighted by Gasteiger charge is 2.36. The van der Waals surface area contributed by atoms with Gasteiger partial charge in [0.2, 0.25) is 0 Å². The largest absolute Gasteiger partial charge is 0.399 e. The van der Waals surface area contributed by atoms with E-state index in [1.54, 1.807) is 0 Å². The first-order chi connectivity index (χ1) is 8.01. The molecule has 0 radical (unpaired) electrons. The average Bonchev–Trinajstić information content (AvgIpc) is 2.50. The molecule has 0 unspecified atom stereocenters. The van der Waals surface area contributed by atoms with Crippen molar-refractivity contribution in [2.24, 2.45) is 0 Å². The third-order valence-electron chi connectivity index (χ3n) is 3.67. The fourth-order valence-electron chi connectivity index (χ4n) is 2.76. The molecular formula is C15H14IN. The van der Waals surface area contributed by atoms with Gasteiger partial charge in [-0.05, 0) is 63.0 Å². The molecule has 2 N–H and O–H groups in total. The number of hydrogen-bond acceptors (Lipinski definition) is 1. The van der Waals surface area contributed by atoms with Crippen LogP contribution in [0.4, 0.5) is 5.69 Å². The lowest BCUT2D eigenvalue weighted by atomic mass is 9.82. The number of nitrogens with two attached hydrogens (primary N) is 1. The van der Waals surface area contributed by atoms with Crippen LogP contribution in [0.5, 0.6) is 0 Å². The van der Waals surface area contributed by atoms with Crippen LogP contribution in [-0.4, -0.2) is 0 Å². The molecule has 3 rings (SSSR count). The van der Waals surface area contributed by atoms with E-state index in [9.17, 15) is 0 Å². The van der Waals surface area contributed by atoms with Crippen LogP contribution in [0.25, 0.3) is 11.1 Å². The molecule has 0 saturated heterocycles. The lowest BCUT2D eigenvalue weighted by molar-refractivity contribution is 0.660. The van der Waals surface area contributed by atoms with Crippen molar-refractivity contribution in [2.45, 2.75) is 19.3 Å². The van der Waals surface area contributed by atoms with Crippen molar-refractivity contribution >= 4 is 28.3 Å². The monoisotopic (exact) mass is 335 g/mol. The molecular weight excluding hydrogens is 321 g/mol. The molecule has 0 amide bonds. The van der Waals surface area contributed by atoms with Crippen molar-refractivity contribution in [2.75, 3.05) is 5.73 Å². The molecule has 2 heteroatoms. The minimum atomic E-state index is 0.0568. The molecule has 0 bridgehead atoms. The number of halogens is 1. The highest BCUT2D eigenvalue weighted by molar-refractivity contribution is 14.1. The van der Waals surface area contributed by atoms with E-state index >= 15 is 0 Å². The fraction of sp³-hybridized carbons (Fsp3) is 0.200. The summed E-state index contributed by atoms with van der Waals surface area (Å²) in [5.41, 5.74) is 12.3. The molecule has 0 fully saturated rings. The quantitative estimate of drug-likeness (QED) is 0.567. The summed E-state index contributed by atoms with van der Waals surface area (Å²) in [6.45, 7) is 4.54. The molecule has 0 heterocycles. The van der Waals surface area contributed by atoms with Crippen LogP contribution in [0.1, 0.15) is 25.0 Å². The normalized spacial score (nSPS) is 15.5. The first-order valence-electron chi connectivity index (χ1n) is 5.71. The Morgan fingerprint density at radius 2 is 1.82 bits per heavy atom. The van der Waals surface area contributed by atoms with Crippen LogP contribution >= 0.6 is 22.6 Å². The summed E-state index contributed by atoms with van der Waals surface area (Å²) in [4.78, 5) is 0. The summed E-state index contributed by atoms with van der Waals surface area (Å²) in [7, 11) is 0. The van der Waals surface area contributed by atoms with Gasteiger partial charge in [-0.15, -0.1) is 0 Å². The Bertz CT molecular complexity index is 614. The van der Waals surface area contributed by atoms with Crippen molar-refractivity contribution in [1.82, 2.24) is 0 Å². The molecule has 0 atom stereocenters. The summed E-state index contributed by atoms with van der Waals surface area (Å²) >= 11 is 2.42. The number of benzene rings is 2. The maximum atomic E-state index is 5.92. The first kappa shape index (κ1) is 11.1. The van der Waals surface area contributed by atoms with Crippen LogP contribution < -0.4 is 5.73 Å². The Kier molecular flexibility index (Phi) is 2.27. The van der Waals surface area contributed by atoms with Crippen molar-refractivity contribution in [3.05, 3.63) is 51.1 Å². The van der Waals surface area contributed by atoms with Gasteiger partial charge < -0.3 is 5.73 Å². The molecule has 17 heavy (non-hydrogen) atoms. The molecule has 1 aliphatic carbocycles. The van der Waals surface area contributed by atoms with Gasteiger partial charge in [0, 0.05) is 14.7 Å². The maximum absolute atomic E-state index is 5.92. The molecule has 1 aliphatic rings. The van der Waals surface area contributed by atoms with E-state index in [2.05, 4.69) is 66.8 Å². The van der Waals surface area contributed by atoms with Gasteiger partial charge >= 0.3 is 0 Å². The Hall–Kier alpha value is -1.03.